The number of fused-ring (bicyclic) bond motifs is 1. The molecule has 1 N–H and O–H groups in total. The fourth-order valence-corrected chi connectivity index (χ4v) is 2.88. The second-order valence-electron chi connectivity index (χ2n) is 6.97. The van der Waals surface area contributed by atoms with Crippen molar-refractivity contribution in [3.05, 3.63) is 58.8 Å². The summed E-state index contributed by atoms with van der Waals surface area (Å²) in [5.74, 6) is 0.666. The van der Waals surface area contributed by atoms with Gasteiger partial charge in [-0.1, -0.05) is 18.2 Å². The number of nitrogens with one attached hydrogen (secondary N) is 1. The quantitative estimate of drug-likeness (QED) is 0.639. The smallest absolute Gasteiger partial charge is 0.361 e. The summed E-state index contributed by atoms with van der Waals surface area (Å²) in [6.45, 7) is 8.09. The van der Waals surface area contributed by atoms with Gasteiger partial charge in [-0.05, 0) is 57.0 Å². The molecule has 1 aromatic heterocycles. The van der Waals surface area contributed by atoms with Gasteiger partial charge in [0.05, 0.1) is 24.2 Å². The standard InChI is InChI=1S/C22H25N3O3/c1-13(2)28-22(26)20-21(23-12-16-8-6-7-9-19(16)27-5)25-18-11-15(4)14(3)10-17(18)24-20/h6-11,13H,12H2,1-5H3,(H,23,25). The van der Waals surface area contributed by atoms with E-state index in [4.69, 9.17) is 9.47 Å². The van der Waals surface area contributed by atoms with Crippen LogP contribution >= 0.6 is 0 Å². The van der Waals surface area contributed by atoms with Crippen LogP contribution < -0.4 is 10.1 Å². The number of carbonyl (C=O) groups is 1. The Bertz CT molecular complexity index is 1020. The lowest BCUT2D eigenvalue weighted by Gasteiger charge is -2.15. The summed E-state index contributed by atoms with van der Waals surface area (Å²) < 4.78 is 10.8. The molecule has 3 rings (SSSR count). The third kappa shape index (κ3) is 4.22. The maximum Gasteiger partial charge on any atom is 0.361 e. The van der Waals surface area contributed by atoms with Crippen molar-refractivity contribution < 1.29 is 14.3 Å². The van der Waals surface area contributed by atoms with Crippen LogP contribution in [0.3, 0.4) is 0 Å². The molecule has 0 radical (unpaired) electrons. The maximum atomic E-state index is 12.6. The molecule has 0 fully saturated rings. The van der Waals surface area contributed by atoms with E-state index >= 15 is 0 Å². The summed E-state index contributed by atoms with van der Waals surface area (Å²) in [5, 5.41) is 3.23. The summed E-state index contributed by atoms with van der Waals surface area (Å²) in [5.41, 5.74) is 4.75. The monoisotopic (exact) mass is 379 g/mol. The van der Waals surface area contributed by atoms with Gasteiger partial charge in [-0.25, -0.2) is 14.8 Å². The number of rotatable bonds is 6. The van der Waals surface area contributed by atoms with Gasteiger partial charge in [-0.3, -0.25) is 0 Å². The van der Waals surface area contributed by atoms with E-state index in [0.29, 0.717) is 17.9 Å². The molecule has 0 spiro atoms. The van der Waals surface area contributed by atoms with Crippen LogP contribution in [0.2, 0.25) is 0 Å². The number of para-hydroxylation sites is 1. The second-order valence-corrected chi connectivity index (χ2v) is 6.97. The Labute approximate surface area is 164 Å². The zero-order chi connectivity index (χ0) is 20.3. The van der Waals surface area contributed by atoms with Crippen molar-refractivity contribution in [1.29, 1.82) is 0 Å². The van der Waals surface area contributed by atoms with Gasteiger partial charge in [0.25, 0.3) is 0 Å². The van der Waals surface area contributed by atoms with Crippen molar-refractivity contribution >= 4 is 22.8 Å². The van der Waals surface area contributed by atoms with E-state index in [1.165, 1.54) is 0 Å². The summed E-state index contributed by atoms with van der Waals surface area (Å²) in [6, 6.07) is 11.6. The van der Waals surface area contributed by atoms with Gasteiger partial charge < -0.3 is 14.8 Å². The number of benzene rings is 2. The Balaban J connectivity index is 2.02. The van der Waals surface area contributed by atoms with Crippen molar-refractivity contribution in [2.24, 2.45) is 0 Å². The molecule has 0 amide bonds. The van der Waals surface area contributed by atoms with Crippen molar-refractivity contribution in [3.8, 4) is 5.75 Å². The van der Waals surface area contributed by atoms with Gasteiger partial charge in [-0.15, -0.1) is 0 Å². The van der Waals surface area contributed by atoms with E-state index in [2.05, 4.69) is 15.3 Å². The molecule has 0 saturated carbocycles. The van der Waals surface area contributed by atoms with E-state index in [9.17, 15) is 4.79 Å². The number of aromatic nitrogens is 2. The fraction of sp³-hybridized carbons (Fsp3) is 0.318. The number of anilines is 1. The summed E-state index contributed by atoms with van der Waals surface area (Å²) in [4.78, 5) is 21.8. The fourth-order valence-electron chi connectivity index (χ4n) is 2.88. The van der Waals surface area contributed by atoms with Gasteiger partial charge >= 0.3 is 5.97 Å². The molecule has 2 aromatic carbocycles. The van der Waals surface area contributed by atoms with Gasteiger partial charge in [0, 0.05) is 12.1 Å². The highest BCUT2D eigenvalue weighted by molar-refractivity contribution is 5.95. The predicted molar refractivity (Wildman–Crippen MR) is 110 cm³/mol. The second kappa shape index (κ2) is 8.25. The number of ether oxygens (including phenoxy) is 2. The van der Waals surface area contributed by atoms with E-state index in [-0.39, 0.29) is 11.8 Å². The molecule has 146 valence electrons. The third-order valence-corrected chi connectivity index (χ3v) is 4.45. The molecular weight excluding hydrogens is 354 g/mol. The van der Waals surface area contributed by atoms with Gasteiger partial charge in [0.15, 0.2) is 11.5 Å². The Morgan fingerprint density at radius 3 is 2.36 bits per heavy atom. The summed E-state index contributed by atoms with van der Waals surface area (Å²) in [6.07, 6.45) is -0.244. The first-order chi connectivity index (χ1) is 13.4. The number of carbonyl (C=O) groups excluding carboxylic acids is 1. The van der Waals surface area contributed by atoms with Crippen LogP contribution in [0, 0.1) is 13.8 Å². The molecule has 0 aliphatic carbocycles. The Morgan fingerprint density at radius 1 is 1.07 bits per heavy atom. The molecule has 0 atom stereocenters. The molecule has 6 heteroatoms. The van der Waals surface area contributed by atoms with Crippen molar-refractivity contribution in [1.82, 2.24) is 9.97 Å². The Hall–Kier alpha value is -3.15. The van der Waals surface area contributed by atoms with Crippen molar-refractivity contribution in [3.63, 3.8) is 0 Å². The zero-order valence-corrected chi connectivity index (χ0v) is 16.9. The van der Waals surface area contributed by atoms with E-state index < -0.39 is 5.97 Å². The Kier molecular flexibility index (Phi) is 5.78. The molecule has 6 nitrogen and oxygen atoms in total. The van der Waals surface area contributed by atoms with Gasteiger partial charge in [0.1, 0.15) is 5.75 Å². The highest BCUT2D eigenvalue weighted by Gasteiger charge is 2.20. The third-order valence-electron chi connectivity index (χ3n) is 4.45. The largest absolute Gasteiger partial charge is 0.496 e. The van der Waals surface area contributed by atoms with Crippen LogP contribution in [-0.4, -0.2) is 29.2 Å². The van der Waals surface area contributed by atoms with E-state index in [1.807, 2.05) is 64.1 Å². The van der Waals surface area contributed by atoms with Crippen LogP contribution in [0.4, 0.5) is 5.82 Å². The molecule has 0 bridgehead atoms. The number of nitrogens with zero attached hydrogens (tertiary/aromatic N) is 2. The number of methoxy groups -OCH3 is 1. The summed E-state index contributed by atoms with van der Waals surface area (Å²) in [7, 11) is 1.63. The van der Waals surface area contributed by atoms with Crippen molar-refractivity contribution in [2.45, 2.75) is 40.3 Å². The average Bonchev–Trinajstić information content (AvgIpc) is 2.66. The SMILES string of the molecule is COc1ccccc1CNc1nc2cc(C)c(C)cc2nc1C(=O)OC(C)C. The lowest BCUT2D eigenvalue weighted by molar-refractivity contribution is 0.0372. The van der Waals surface area contributed by atoms with Crippen molar-refractivity contribution in [2.75, 3.05) is 12.4 Å². The Morgan fingerprint density at radius 2 is 1.71 bits per heavy atom. The molecule has 1 heterocycles. The molecule has 0 aliphatic heterocycles. The highest BCUT2D eigenvalue weighted by atomic mass is 16.5. The first kappa shape index (κ1) is 19.6. The number of esters is 1. The van der Waals surface area contributed by atoms with Crippen LogP contribution in [0.5, 0.6) is 5.75 Å². The molecule has 28 heavy (non-hydrogen) atoms. The maximum absolute atomic E-state index is 12.6. The van der Waals surface area contributed by atoms with Gasteiger partial charge in [-0.2, -0.15) is 0 Å². The molecule has 0 aliphatic rings. The van der Waals surface area contributed by atoms with Crippen LogP contribution in [0.1, 0.15) is 41.0 Å². The predicted octanol–water partition coefficient (Wildman–Crippen LogP) is 4.43. The highest BCUT2D eigenvalue weighted by Crippen LogP contribution is 2.24. The minimum absolute atomic E-state index is 0.180. The number of hydrogen-bond acceptors (Lipinski definition) is 6. The first-order valence-electron chi connectivity index (χ1n) is 9.24. The topological polar surface area (TPSA) is 73.3 Å². The molecule has 3 aromatic rings. The minimum Gasteiger partial charge on any atom is -0.496 e. The normalized spacial score (nSPS) is 10.9. The van der Waals surface area contributed by atoms with Crippen LogP contribution in [0.15, 0.2) is 36.4 Å². The van der Waals surface area contributed by atoms with Crippen LogP contribution in [0.25, 0.3) is 11.0 Å². The first-order valence-corrected chi connectivity index (χ1v) is 9.24. The average molecular weight is 379 g/mol. The van der Waals surface area contributed by atoms with Crippen LogP contribution in [-0.2, 0) is 11.3 Å². The lowest BCUT2D eigenvalue weighted by Crippen LogP contribution is -2.17. The number of hydrogen-bond donors (Lipinski definition) is 1. The zero-order valence-electron chi connectivity index (χ0n) is 16.9. The molecule has 0 saturated heterocycles. The molecule has 0 unspecified atom stereocenters. The van der Waals surface area contributed by atoms with E-state index in [0.717, 1.165) is 28.0 Å². The van der Waals surface area contributed by atoms with E-state index in [1.54, 1.807) is 7.11 Å². The summed E-state index contributed by atoms with van der Waals surface area (Å²) >= 11 is 0. The lowest BCUT2D eigenvalue weighted by atomic mass is 10.1. The van der Waals surface area contributed by atoms with Gasteiger partial charge in [0.2, 0.25) is 0 Å². The number of aryl methyl sites for hydroxylation is 2. The molecular formula is C22H25N3O3. The minimum atomic E-state index is -0.495.